The largest absolute Gasteiger partial charge is 0.393 e. The normalized spacial score (nSPS) is 21.4. The number of aliphatic hydroxyl groups is 1. The Morgan fingerprint density at radius 2 is 1.62 bits per heavy atom. The smallest absolute Gasteiger partial charge is 0.134 e. The lowest BCUT2D eigenvalue weighted by Crippen LogP contribution is -2.36. The first kappa shape index (κ1) is 17.6. The van der Waals surface area contributed by atoms with Gasteiger partial charge in [-0.1, -0.05) is 23.7 Å². The highest BCUT2D eigenvalue weighted by Gasteiger charge is 2.25. The van der Waals surface area contributed by atoms with E-state index in [-0.39, 0.29) is 6.10 Å². The molecular formula is C20H25ClN4O. The van der Waals surface area contributed by atoms with Gasteiger partial charge in [-0.05, 0) is 49.3 Å². The molecule has 6 heteroatoms. The van der Waals surface area contributed by atoms with Crippen molar-refractivity contribution in [1.82, 2.24) is 9.97 Å². The third-order valence-corrected chi connectivity index (χ3v) is 5.73. The van der Waals surface area contributed by atoms with Crippen LogP contribution in [0.4, 0.5) is 11.6 Å². The van der Waals surface area contributed by atoms with Crippen LogP contribution < -0.4 is 9.80 Å². The van der Waals surface area contributed by atoms with Crippen molar-refractivity contribution >= 4 is 23.2 Å². The molecule has 1 aromatic carbocycles. The van der Waals surface area contributed by atoms with Gasteiger partial charge in [-0.25, -0.2) is 9.97 Å². The van der Waals surface area contributed by atoms with E-state index in [9.17, 15) is 5.11 Å². The van der Waals surface area contributed by atoms with E-state index in [1.807, 2.05) is 12.1 Å². The minimum absolute atomic E-state index is 0.167. The summed E-state index contributed by atoms with van der Waals surface area (Å²) in [5.41, 5.74) is 1.34. The van der Waals surface area contributed by atoms with Crippen LogP contribution in [0.15, 0.2) is 36.7 Å². The molecule has 26 heavy (non-hydrogen) atoms. The molecule has 0 spiro atoms. The molecule has 0 bridgehead atoms. The van der Waals surface area contributed by atoms with E-state index in [1.165, 1.54) is 12.0 Å². The van der Waals surface area contributed by atoms with Crippen LogP contribution in [0.25, 0.3) is 0 Å². The molecule has 2 fully saturated rings. The van der Waals surface area contributed by atoms with Gasteiger partial charge in [0.1, 0.15) is 18.0 Å². The number of nitrogens with zero attached hydrogens (tertiary/aromatic N) is 4. The Kier molecular flexibility index (Phi) is 5.27. The third kappa shape index (κ3) is 4.10. The predicted octanol–water partition coefficient (Wildman–Crippen LogP) is 3.16. The number of piperidine rings is 1. The lowest BCUT2D eigenvalue weighted by molar-refractivity contribution is 0.145. The highest BCUT2D eigenvalue weighted by molar-refractivity contribution is 6.30. The van der Waals surface area contributed by atoms with Crippen LogP contribution >= 0.6 is 11.6 Å². The highest BCUT2D eigenvalue weighted by Crippen LogP contribution is 2.27. The second-order valence-corrected chi connectivity index (χ2v) is 7.82. The van der Waals surface area contributed by atoms with E-state index in [1.54, 1.807) is 6.33 Å². The highest BCUT2D eigenvalue weighted by atomic mass is 35.5. The second-order valence-electron chi connectivity index (χ2n) is 7.38. The van der Waals surface area contributed by atoms with E-state index in [0.29, 0.717) is 5.92 Å². The Bertz CT molecular complexity index is 731. The van der Waals surface area contributed by atoms with Gasteiger partial charge in [-0.15, -0.1) is 0 Å². The molecule has 0 amide bonds. The molecule has 0 aliphatic carbocycles. The molecule has 2 aromatic rings. The van der Waals surface area contributed by atoms with Crippen LogP contribution in [0.5, 0.6) is 0 Å². The van der Waals surface area contributed by atoms with Gasteiger partial charge in [-0.3, -0.25) is 0 Å². The fraction of sp³-hybridized carbons (Fsp3) is 0.500. The molecule has 2 aliphatic rings. The Balaban J connectivity index is 1.39. The molecule has 0 radical (unpaired) electrons. The minimum atomic E-state index is -0.167. The summed E-state index contributed by atoms with van der Waals surface area (Å²) in [6.45, 7) is 3.78. The van der Waals surface area contributed by atoms with Gasteiger partial charge in [0.2, 0.25) is 0 Å². The molecule has 138 valence electrons. The molecule has 1 atom stereocenters. The molecule has 3 heterocycles. The third-order valence-electron chi connectivity index (χ3n) is 5.47. The fourth-order valence-electron chi connectivity index (χ4n) is 3.94. The summed E-state index contributed by atoms with van der Waals surface area (Å²) in [5, 5.41) is 10.5. The first-order chi connectivity index (χ1) is 12.7. The number of hydrogen-bond donors (Lipinski definition) is 1. The topological polar surface area (TPSA) is 52.5 Å². The molecule has 4 rings (SSSR count). The Morgan fingerprint density at radius 3 is 2.35 bits per heavy atom. The molecule has 1 unspecified atom stereocenters. The van der Waals surface area contributed by atoms with E-state index in [4.69, 9.17) is 11.6 Å². The summed E-state index contributed by atoms with van der Waals surface area (Å²) < 4.78 is 0. The van der Waals surface area contributed by atoms with E-state index in [0.717, 1.165) is 62.1 Å². The predicted molar refractivity (Wildman–Crippen MR) is 105 cm³/mol. The SMILES string of the molecule is OC1CCN(c2cc(N3CCC(Cc4ccc(Cl)cc4)C3)ncn2)CC1. The van der Waals surface area contributed by atoms with Gasteiger partial charge in [-0.2, -0.15) is 0 Å². The fourth-order valence-corrected chi connectivity index (χ4v) is 4.07. The van der Waals surface area contributed by atoms with Crippen molar-refractivity contribution in [1.29, 1.82) is 0 Å². The van der Waals surface area contributed by atoms with E-state index < -0.39 is 0 Å². The van der Waals surface area contributed by atoms with Gasteiger partial charge in [0.25, 0.3) is 0 Å². The van der Waals surface area contributed by atoms with Crippen molar-refractivity contribution in [3.63, 3.8) is 0 Å². The summed E-state index contributed by atoms with van der Waals surface area (Å²) >= 11 is 5.98. The second kappa shape index (κ2) is 7.80. The summed E-state index contributed by atoms with van der Waals surface area (Å²) in [5.74, 6) is 2.63. The van der Waals surface area contributed by atoms with Crippen LogP contribution in [0.2, 0.25) is 5.02 Å². The Hall–Kier alpha value is -1.85. The molecule has 5 nitrogen and oxygen atoms in total. The van der Waals surface area contributed by atoms with Gasteiger partial charge in [0.05, 0.1) is 6.10 Å². The van der Waals surface area contributed by atoms with Crippen LogP contribution in [0, 0.1) is 5.92 Å². The first-order valence-corrected chi connectivity index (χ1v) is 9.79. The average Bonchev–Trinajstić information content (AvgIpc) is 3.13. The van der Waals surface area contributed by atoms with Crippen LogP contribution in [-0.4, -0.2) is 47.4 Å². The molecular weight excluding hydrogens is 348 g/mol. The lowest BCUT2D eigenvalue weighted by atomic mass is 9.99. The molecule has 2 saturated heterocycles. The number of benzene rings is 1. The zero-order chi connectivity index (χ0) is 17.9. The quantitative estimate of drug-likeness (QED) is 0.893. The van der Waals surface area contributed by atoms with Gasteiger partial charge >= 0.3 is 0 Å². The van der Waals surface area contributed by atoms with Crippen molar-refractivity contribution in [3.8, 4) is 0 Å². The maximum absolute atomic E-state index is 9.69. The molecule has 1 N–H and O–H groups in total. The van der Waals surface area contributed by atoms with Gasteiger partial charge < -0.3 is 14.9 Å². The maximum atomic E-state index is 9.69. The molecule has 2 aliphatic heterocycles. The zero-order valence-electron chi connectivity index (χ0n) is 14.9. The molecule has 1 aromatic heterocycles. The van der Waals surface area contributed by atoms with Crippen molar-refractivity contribution in [3.05, 3.63) is 47.2 Å². The Morgan fingerprint density at radius 1 is 0.962 bits per heavy atom. The number of aliphatic hydroxyl groups excluding tert-OH is 1. The van der Waals surface area contributed by atoms with E-state index >= 15 is 0 Å². The number of hydrogen-bond acceptors (Lipinski definition) is 5. The monoisotopic (exact) mass is 372 g/mol. The summed E-state index contributed by atoms with van der Waals surface area (Å²) in [6, 6.07) is 10.3. The number of anilines is 2. The zero-order valence-corrected chi connectivity index (χ0v) is 15.6. The number of rotatable bonds is 4. The van der Waals surface area contributed by atoms with Gasteiger partial charge in [0.15, 0.2) is 0 Å². The summed E-state index contributed by atoms with van der Waals surface area (Å²) in [6.07, 6.45) is 5.38. The van der Waals surface area contributed by atoms with Crippen molar-refractivity contribution < 1.29 is 5.11 Å². The van der Waals surface area contributed by atoms with Crippen LogP contribution in [-0.2, 0) is 6.42 Å². The summed E-state index contributed by atoms with van der Waals surface area (Å²) in [7, 11) is 0. The molecule has 0 saturated carbocycles. The van der Waals surface area contributed by atoms with Crippen molar-refractivity contribution in [2.45, 2.75) is 31.8 Å². The standard InChI is InChI=1S/C20H25ClN4O/c21-17-3-1-15(2-4-17)11-16-5-8-25(13-16)20-12-19(22-14-23-20)24-9-6-18(26)7-10-24/h1-4,12,14,16,18,26H,5-11,13H2. The van der Waals surface area contributed by atoms with Crippen LogP contribution in [0.3, 0.4) is 0 Å². The maximum Gasteiger partial charge on any atom is 0.134 e. The first-order valence-electron chi connectivity index (χ1n) is 9.42. The number of aromatic nitrogens is 2. The van der Waals surface area contributed by atoms with Crippen molar-refractivity contribution in [2.75, 3.05) is 36.0 Å². The van der Waals surface area contributed by atoms with Crippen LogP contribution in [0.1, 0.15) is 24.8 Å². The lowest BCUT2D eigenvalue weighted by Gasteiger charge is -2.31. The average molecular weight is 373 g/mol. The number of halogens is 1. The minimum Gasteiger partial charge on any atom is -0.393 e. The van der Waals surface area contributed by atoms with E-state index in [2.05, 4.69) is 38.0 Å². The van der Waals surface area contributed by atoms with Crippen molar-refractivity contribution in [2.24, 2.45) is 5.92 Å². The summed E-state index contributed by atoms with van der Waals surface area (Å²) in [4.78, 5) is 13.6. The van der Waals surface area contributed by atoms with Gasteiger partial charge in [0, 0.05) is 37.3 Å². The Labute approximate surface area is 159 Å².